The predicted octanol–water partition coefficient (Wildman–Crippen LogP) is 4.41. The molecule has 1 heterocycles. The lowest BCUT2D eigenvalue weighted by atomic mass is 10.0. The van der Waals surface area contributed by atoms with Crippen molar-refractivity contribution in [2.24, 2.45) is 0 Å². The third-order valence-corrected chi connectivity index (χ3v) is 5.78. The third kappa shape index (κ3) is 5.43. The van der Waals surface area contributed by atoms with Gasteiger partial charge in [-0.25, -0.2) is 0 Å². The highest BCUT2D eigenvalue weighted by atomic mass is 35.5. The van der Waals surface area contributed by atoms with Gasteiger partial charge in [-0.1, -0.05) is 35.3 Å². The van der Waals surface area contributed by atoms with Crippen LogP contribution in [0.15, 0.2) is 36.4 Å². The Morgan fingerprint density at radius 2 is 1.86 bits per heavy atom. The fraction of sp³-hybridized carbons (Fsp3) is 0.364. The molecule has 7 heteroatoms. The smallest absolute Gasteiger partial charge is 0.258 e. The Balaban J connectivity index is 1.48. The molecule has 5 nitrogen and oxygen atoms in total. The quantitative estimate of drug-likeness (QED) is 0.757. The van der Waals surface area contributed by atoms with Gasteiger partial charge in [-0.2, -0.15) is 0 Å². The molecule has 0 aromatic heterocycles. The number of hydrogen-bond donors (Lipinski definition) is 1. The molecule has 0 spiro atoms. The first-order chi connectivity index (χ1) is 13.8. The Labute approximate surface area is 180 Å². The van der Waals surface area contributed by atoms with Crippen molar-refractivity contribution in [3.63, 3.8) is 0 Å². The van der Waals surface area contributed by atoms with Gasteiger partial charge in [0.05, 0.1) is 10.6 Å². The first kappa shape index (κ1) is 21.5. The summed E-state index contributed by atoms with van der Waals surface area (Å²) >= 11 is 12.1. The number of benzene rings is 2. The van der Waals surface area contributed by atoms with Gasteiger partial charge in [0.25, 0.3) is 11.8 Å². The van der Waals surface area contributed by atoms with E-state index in [1.165, 1.54) is 0 Å². The zero-order valence-electron chi connectivity index (χ0n) is 16.5. The van der Waals surface area contributed by atoms with Gasteiger partial charge in [-0.15, -0.1) is 0 Å². The zero-order chi connectivity index (χ0) is 21.0. The normalized spacial score (nSPS) is 14.6. The van der Waals surface area contributed by atoms with Crippen LogP contribution in [0.1, 0.15) is 34.3 Å². The van der Waals surface area contributed by atoms with E-state index < -0.39 is 0 Å². The summed E-state index contributed by atoms with van der Waals surface area (Å²) in [6.07, 6.45) is 1.36. The first-order valence-electron chi connectivity index (χ1n) is 9.58. The van der Waals surface area contributed by atoms with E-state index in [9.17, 15) is 9.59 Å². The van der Waals surface area contributed by atoms with Crippen molar-refractivity contribution in [1.29, 1.82) is 0 Å². The molecule has 0 atom stereocenters. The lowest BCUT2D eigenvalue weighted by molar-refractivity contribution is -0.124. The molecule has 1 aliphatic rings. The van der Waals surface area contributed by atoms with Gasteiger partial charge in [0, 0.05) is 24.2 Å². The Hall–Kier alpha value is -2.24. The number of ether oxygens (including phenoxy) is 1. The van der Waals surface area contributed by atoms with Gasteiger partial charge in [-0.05, 0) is 62.1 Å². The highest BCUT2D eigenvalue weighted by Crippen LogP contribution is 2.24. The molecule has 2 aromatic carbocycles. The van der Waals surface area contributed by atoms with Crippen LogP contribution in [0.4, 0.5) is 0 Å². The van der Waals surface area contributed by atoms with Gasteiger partial charge in [-0.3, -0.25) is 9.59 Å². The number of halogens is 2. The second-order valence-corrected chi connectivity index (χ2v) is 8.09. The lowest BCUT2D eigenvalue weighted by Crippen LogP contribution is -2.47. The van der Waals surface area contributed by atoms with Crippen LogP contribution in [0.5, 0.6) is 5.75 Å². The van der Waals surface area contributed by atoms with E-state index in [2.05, 4.69) is 5.32 Å². The highest BCUT2D eigenvalue weighted by Gasteiger charge is 2.26. The minimum atomic E-state index is -0.159. The molecule has 2 aromatic rings. The van der Waals surface area contributed by atoms with Crippen molar-refractivity contribution < 1.29 is 14.3 Å². The maximum Gasteiger partial charge on any atom is 0.258 e. The van der Waals surface area contributed by atoms with E-state index in [1.54, 1.807) is 23.1 Å². The van der Waals surface area contributed by atoms with Gasteiger partial charge >= 0.3 is 0 Å². The molecular weight excluding hydrogens is 411 g/mol. The highest BCUT2D eigenvalue weighted by molar-refractivity contribution is 6.35. The van der Waals surface area contributed by atoms with Crippen molar-refractivity contribution >= 4 is 35.0 Å². The summed E-state index contributed by atoms with van der Waals surface area (Å²) in [7, 11) is 0. The number of hydrogen-bond acceptors (Lipinski definition) is 3. The molecule has 1 saturated heterocycles. The molecule has 0 saturated carbocycles. The Bertz CT molecular complexity index is 909. The number of rotatable bonds is 5. The molecule has 3 rings (SSSR count). The number of aryl methyl sites for hydroxylation is 1. The standard InChI is InChI=1S/C22H24Cl2N2O3/c1-14-4-3-5-20(15(14)2)29-13-21(27)25-17-8-10-26(11-9-17)22(28)18-12-16(23)6-7-19(18)24/h3-7,12,17H,8-11,13H2,1-2H3,(H,25,27). The summed E-state index contributed by atoms with van der Waals surface area (Å²) in [4.78, 5) is 26.7. The number of nitrogens with one attached hydrogen (secondary N) is 1. The SMILES string of the molecule is Cc1cccc(OCC(=O)NC2CCN(C(=O)c3cc(Cl)ccc3Cl)CC2)c1C. The summed E-state index contributed by atoms with van der Waals surface area (Å²) in [6.45, 7) is 5.05. The van der Waals surface area contributed by atoms with Crippen LogP contribution in [0.3, 0.4) is 0 Å². The van der Waals surface area contributed by atoms with Gasteiger partial charge in [0.2, 0.25) is 0 Å². The minimum absolute atomic E-state index is 0.0172. The van der Waals surface area contributed by atoms with Crippen molar-refractivity contribution in [3.05, 3.63) is 63.1 Å². The molecule has 29 heavy (non-hydrogen) atoms. The third-order valence-electron chi connectivity index (χ3n) is 5.22. The summed E-state index contributed by atoms with van der Waals surface area (Å²) in [5, 5.41) is 3.86. The Morgan fingerprint density at radius 1 is 1.14 bits per heavy atom. The summed E-state index contributed by atoms with van der Waals surface area (Å²) in [5.74, 6) is 0.424. The van der Waals surface area contributed by atoms with Crippen molar-refractivity contribution in [1.82, 2.24) is 10.2 Å². The van der Waals surface area contributed by atoms with Gasteiger partial charge < -0.3 is 15.0 Å². The van der Waals surface area contributed by atoms with Crippen LogP contribution >= 0.6 is 23.2 Å². The largest absolute Gasteiger partial charge is 0.483 e. The molecule has 0 radical (unpaired) electrons. The Morgan fingerprint density at radius 3 is 2.59 bits per heavy atom. The minimum Gasteiger partial charge on any atom is -0.483 e. The average Bonchev–Trinajstić information content (AvgIpc) is 2.71. The molecule has 154 valence electrons. The molecule has 1 aliphatic heterocycles. The predicted molar refractivity (Wildman–Crippen MR) is 115 cm³/mol. The van der Waals surface area contributed by atoms with Crippen LogP contribution in [0.2, 0.25) is 10.0 Å². The molecule has 0 unspecified atom stereocenters. The summed E-state index contributed by atoms with van der Waals surface area (Å²) in [6, 6.07) is 10.7. The van der Waals surface area contributed by atoms with Crippen LogP contribution < -0.4 is 10.1 Å². The first-order valence-corrected chi connectivity index (χ1v) is 10.3. The van der Waals surface area contributed by atoms with Crippen LogP contribution in [0, 0.1) is 13.8 Å². The number of carbonyl (C=O) groups is 2. The van der Waals surface area contributed by atoms with E-state index in [4.69, 9.17) is 27.9 Å². The zero-order valence-corrected chi connectivity index (χ0v) is 18.0. The number of nitrogens with zero attached hydrogens (tertiary/aromatic N) is 1. The van der Waals surface area contributed by atoms with E-state index in [0.29, 0.717) is 41.5 Å². The maximum absolute atomic E-state index is 12.7. The molecule has 0 aliphatic carbocycles. The monoisotopic (exact) mass is 434 g/mol. The Kier molecular flexibility index (Phi) is 7.04. The molecule has 2 amide bonds. The van der Waals surface area contributed by atoms with E-state index in [1.807, 2.05) is 32.0 Å². The molecule has 0 bridgehead atoms. The molecule has 1 fully saturated rings. The van der Waals surface area contributed by atoms with Crippen molar-refractivity contribution in [3.8, 4) is 5.75 Å². The van der Waals surface area contributed by atoms with E-state index in [0.717, 1.165) is 16.9 Å². The molecule has 1 N–H and O–H groups in total. The summed E-state index contributed by atoms with van der Waals surface area (Å²) < 4.78 is 5.66. The fourth-order valence-corrected chi connectivity index (χ4v) is 3.72. The number of amides is 2. The van der Waals surface area contributed by atoms with Crippen molar-refractivity contribution in [2.75, 3.05) is 19.7 Å². The van der Waals surface area contributed by atoms with Gasteiger partial charge in [0.1, 0.15) is 5.75 Å². The fourth-order valence-electron chi connectivity index (χ4n) is 3.35. The second kappa shape index (κ2) is 9.51. The van der Waals surface area contributed by atoms with E-state index in [-0.39, 0.29) is 24.5 Å². The lowest BCUT2D eigenvalue weighted by Gasteiger charge is -2.32. The van der Waals surface area contributed by atoms with Crippen molar-refractivity contribution in [2.45, 2.75) is 32.7 Å². The topological polar surface area (TPSA) is 58.6 Å². The number of likely N-dealkylation sites (tertiary alicyclic amines) is 1. The number of piperidine rings is 1. The van der Waals surface area contributed by atoms with Crippen LogP contribution in [-0.2, 0) is 4.79 Å². The van der Waals surface area contributed by atoms with Gasteiger partial charge in [0.15, 0.2) is 6.61 Å². The molecular formula is C22H24Cl2N2O3. The van der Waals surface area contributed by atoms with E-state index >= 15 is 0 Å². The average molecular weight is 435 g/mol. The number of carbonyl (C=O) groups excluding carboxylic acids is 2. The van der Waals surface area contributed by atoms with Crippen LogP contribution in [0.25, 0.3) is 0 Å². The second-order valence-electron chi connectivity index (χ2n) is 7.24. The summed E-state index contributed by atoms with van der Waals surface area (Å²) in [5.41, 5.74) is 2.56. The van der Waals surface area contributed by atoms with Crippen LogP contribution in [-0.4, -0.2) is 42.5 Å². The maximum atomic E-state index is 12.7.